The molecule has 0 aliphatic carbocycles. The maximum Gasteiger partial charge on any atom is 0.349 e. The van der Waals surface area contributed by atoms with Crippen molar-refractivity contribution in [2.45, 2.75) is 26.2 Å². The van der Waals surface area contributed by atoms with Crippen LogP contribution in [0.25, 0.3) is 0 Å². The van der Waals surface area contributed by atoms with Gasteiger partial charge in [-0.05, 0) is 47.4 Å². The lowest BCUT2D eigenvalue weighted by Crippen LogP contribution is -2.20. The lowest BCUT2D eigenvalue weighted by atomic mass is 9.86. The Hall–Kier alpha value is -3.80. The van der Waals surface area contributed by atoms with E-state index in [0.29, 0.717) is 11.5 Å². The second-order valence-electron chi connectivity index (χ2n) is 8.33. The smallest absolute Gasteiger partial charge is 0.349 e. The summed E-state index contributed by atoms with van der Waals surface area (Å²) in [5.74, 6) is 0.481. The van der Waals surface area contributed by atoms with E-state index in [1.807, 2.05) is 54.6 Å². The summed E-state index contributed by atoms with van der Waals surface area (Å²) >= 11 is 0. The Labute approximate surface area is 194 Å². The fourth-order valence-electron chi connectivity index (χ4n) is 3.09. The SMILES string of the molecule is CC(C)(C)c1ccccc1OCC(=O)Oc1cccc(C(=O)OCCOc2ccccc2)c1. The van der Waals surface area contributed by atoms with E-state index in [1.165, 1.54) is 6.07 Å². The summed E-state index contributed by atoms with van der Waals surface area (Å²) in [6.07, 6.45) is 0. The average molecular weight is 449 g/mol. The van der Waals surface area contributed by atoms with Crippen molar-refractivity contribution >= 4 is 11.9 Å². The third kappa shape index (κ3) is 7.38. The van der Waals surface area contributed by atoms with E-state index >= 15 is 0 Å². The number of carbonyl (C=O) groups is 2. The van der Waals surface area contributed by atoms with Crippen LogP contribution in [0.1, 0.15) is 36.7 Å². The maximum atomic E-state index is 12.3. The van der Waals surface area contributed by atoms with Crippen LogP contribution in [0.5, 0.6) is 17.2 Å². The molecular formula is C27H28O6. The number of benzene rings is 3. The van der Waals surface area contributed by atoms with Gasteiger partial charge in [-0.15, -0.1) is 0 Å². The minimum absolute atomic E-state index is 0.0960. The molecule has 0 aliphatic rings. The van der Waals surface area contributed by atoms with E-state index in [1.54, 1.807) is 18.2 Å². The maximum absolute atomic E-state index is 12.3. The molecule has 3 aromatic carbocycles. The lowest BCUT2D eigenvalue weighted by molar-refractivity contribution is -0.136. The molecule has 6 nitrogen and oxygen atoms in total. The first kappa shape index (κ1) is 23.9. The molecule has 0 bridgehead atoms. The van der Waals surface area contributed by atoms with E-state index in [0.717, 1.165) is 5.56 Å². The molecule has 0 atom stereocenters. The molecule has 6 heteroatoms. The molecule has 0 aromatic heterocycles. The van der Waals surface area contributed by atoms with Crippen LogP contribution in [0.2, 0.25) is 0 Å². The number of para-hydroxylation sites is 2. The highest BCUT2D eigenvalue weighted by Crippen LogP contribution is 2.30. The van der Waals surface area contributed by atoms with Gasteiger partial charge in [0.15, 0.2) is 6.61 Å². The number of ether oxygens (including phenoxy) is 4. The fourth-order valence-corrected chi connectivity index (χ4v) is 3.09. The van der Waals surface area contributed by atoms with Gasteiger partial charge in [0, 0.05) is 0 Å². The first-order valence-corrected chi connectivity index (χ1v) is 10.7. The molecule has 33 heavy (non-hydrogen) atoms. The number of hydrogen-bond acceptors (Lipinski definition) is 6. The number of hydrogen-bond donors (Lipinski definition) is 0. The third-order valence-corrected chi connectivity index (χ3v) is 4.67. The van der Waals surface area contributed by atoms with Crippen molar-refractivity contribution in [1.29, 1.82) is 0 Å². The van der Waals surface area contributed by atoms with Gasteiger partial charge in [-0.25, -0.2) is 9.59 Å². The highest BCUT2D eigenvalue weighted by atomic mass is 16.6. The van der Waals surface area contributed by atoms with Crippen molar-refractivity contribution in [3.63, 3.8) is 0 Å². The van der Waals surface area contributed by atoms with Crippen molar-refractivity contribution < 1.29 is 28.5 Å². The molecule has 0 aliphatic heterocycles. The molecule has 0 radical (unpaired) electrons. The third-order valence-electron chi connectivity index (χ3n) is 4.67. The van der Waals surface area contributed by atoms with Crippen LogP contribution < -0.4 is 14.2 Å². The Kier molecular flexibility index (Phi) is 8.08. The molecule has 0 N–H and O–H groups in total. The number of esters is 2. The number of rotatable bonds is 9. The van der Waals surface area contributed by atoms with Crippen LogP contribution >= 0.6 is 0 Å². The summed E-state index contributed by atoms with van der Waals surface area (Å²) in [5.41, 5.74) is 1.15. The Morgan fingerprint density at radius 2 is 1.45 bits per heavy atom. The average Bonchev–Trinajstić information content (AvgIpc) is 2.81. The van der Waals surface area contributed by atoms with Crippen LogP contribution in [0, 0.1) is 0 Å². The second-order valence-corrected chi connectivity index (χ2v) is 8.33. The van der Waals surface area contributed by atoms with Crippen LogP contribution in [-0.2, 0) is 14.9 Å². The molecule has 0 amide bonds. The van der Waals surface area contributed by atoms with Crippen molar-refractivity contribution in [3.8, 4) is 17.2 Å². The summed E-state index contributed by atoms with van der Waals surface area (Å²) in [4.78, 5) is 24.6. The molecule has 0 fully saturated rings. The summed E-state index contributed by atoms with van der Waals surface area (Å²) in [5, 5.41) is 0. The van der Waals surface area contributed by atoms with Gasteiger partial charge < -0.3 is 18.9 Å². The van der Waals surface area contributed by atoms with Crippen LogP contribution in [-0.4, -0.2) is 31.8 Å². The Morgan fingerprint density at radius 1 is 0.758 bits per heavy atom. The molecule has 0 unspecified atom stereocenters. The number of carbonyl (C=O) groups excluding carboxylic acids is 2. The molecule has 3 rings (SSSR count). The monoisotopic (exact) mass is 448 g/mol. The molecule has 0 heterocycles. The fraction of sp³-hybridized carbons (Fsp3) is 0.259. The molecule has 3 aromatic rings. The van der Waals surface area contributed by atoms with Crippen molar-refractivity contribution in [3.05, 3.63) is 90.0 Å². The molecule has 0 saturated carbocycles. The van der Waals surface area contributed by atoms with Crippen molar-refractivity contribution in [1.82, 2.24) is 0 Å². The largest absolute Gasteiger partial charge is 0.490 e. The highest BCUT2D eigenvalue weighted by molar-refractivity contribution is 5.90. The first-order chi connectivity index (χ1) is 15.8. The van der Waals surface area contributed by atoms with Gasteiger partial charge in [-0.1, -0.05) is 63.2 Å². The van der Waals surface area contributed by atoms with Crippen LogP contribution in [0.3, 0.4) is 0 Å². The standard InChI is InChI=1S/C27H28O6/c1-27(2,3)23-14-7-8-15-24(23)32-19-25(28)33-22-13-9-10-20(18-22)26(29)31-17-16-30-21-11-5-4-6-12-21/h4-15,18H,16-17,19H2,1-3H3. The second kappa shape index (κ2) is 11.2. The topological polar surface area (TPSA) is 71.1 Å². The zero-order valence-electron chi connectivity index (χ0n) is 19.1. The van der Waals surface area contributed by atoms with E-state index in [-0.39, 0.29) is 36.5 Å². The molecule has 0 spiro atoms. The predicted octanol–water partition coefficient (Wildman–Crippen LogP) is 5.20. The molecule has 0 saturated heterocycles. The molecular weight excluding hydrogens is 420 g/mol. The Bertz CT molecular complexity index is 1070. The lowest BCUT2D eigenvalue weighted by Gasteiger charge is -2.22. The highest BCUT2D eigenvalue weighted by Gasteiger charge is 2.19. The van der Waals surface area contributed by atoms with E-state index < -0.39 is 11.9 Å². The summed E-state index contributed by atoms with van der Waals surface area (Å²) in [6.45, 7) is 6.30. The van der Waals surface area contributed by atoms with Gasteiger partial charge in [0.25, 0.3) is 0 Å². The van der Waals surface area contributed by atoms with Gasteiger partial charge in [0.05, 0.1) is 5.56 Å². The van der Waals surface area contributed by atoms with Crippen LogP contribution in [0.15, 0.2) is 78.9 Å². The van der Waals surface area contributed by atoms with E-state index in [2.05, 4.69) is 20.8 Å². The summed E-state index contributed by atoms with van der Waals surface area (Å²) < 4.78 is 21.8. The van der Waals surface area contributed by atoms with Gasteiger partial charge in [-0.2, -0.15) is 0 Å². The van der Waals surface area contributed by atoms with Gasteiger partial charge in [0.1, 0.15) is 30.5 Å². The Morgan fingerprint density at radius 3 is 2.21 bits per heavy atom. The van der Waals surface area contributed by atoms with Gasteiger partial charge in [0.2, 0.25) is 0 Å². The predicted molar refractivity (Wildman–Crippen MR) is 125 cm³/mol. The van der Waals surface area contributed by atoms with E-state index in [4.69, 9.17) is 18.9 Å². The summed E-state index contributed by atoms with van der Waals surface area (Å²) in [7, 11) is 0. The van der Waals surface area contributed by atoms with Crippen LogP contribution in [0.4, 0.5) is 0 Å². The quantitative estimate of drug-likeness (QED) is 0.254. The van der Waals surface area contributed by atoms with Gasteiger partial charge in [-0.3, -0.25) is 0 Å². The minimum atomic E-state index is -0.569. The van der Waals surface area contributed by atoms with Crippen molar-refractivity contribution in [2.24, 2.45) is 0 Å². The normalized spacial score (nSPS) is 10.9. The minimum Gasteiger partial charge on any atom is -0.490 e. The molecule has 172 valence electrons. The zero-order chi connectivity index (χ0) is 23.7. The van der Waals surface area contributed by atoms with Gasteiger partial charge >= 0.3 is 11.9 Å². The summed E-state index contributed by atoms with van der Waals surface area (Å²) in [6, 6.07) is 23.1. The zero-order valence-corrected chi connectivity index (χ0v) is 19.1. The van der Waals surface area contributed by atoms with Crippen molar-refractivity contribution in [2.75, 3.05) is 19.8 Å². The first-order valence-electron chi connectivity index (χ1n) is 10.7. The van der Waals surface area contributed by atoms with E-state index in [9.17, 15) is 9.59 Å². The Balaban J connectivity index is 1.49.